The molecule has 9 nitrogen and oxygen atoms in total. The van der Waals surface area contributed by atoms with Crippen molar-refractivity contribution in [3.05, 3.63) is 66.5 Å². The number of imidazole rings is 1. The maximum absolute atomic E-state index is 13.1. The molecule has 2 N–H and O–H groups in total. The second-order valence-electron chi connectivity index (χ2n) is 6.35. The third-order valence-corrected chi connectivity index (χ3v) is 4.08. The van der Waals surface area contributed by atoms with Crippen molar-refractivity contribution < 1.29 is 28.2 Å². The fourth-order valence-corrected chi connectivity index (χ4v) is 2.73. The van der Waals surface area contributed by atoms with Gasteiger partial charge in [-0.3, -0.25) is 14.2 Å². The standard InChI is InChI=1S/C21H19FN4O5/c1-13(27)24-15-5-8-19(30-2)17(9-15)25-20(28)11-31-21(29)18-10-23-12-26(18)16-6-3-14(22)4-7-16/h3-10,12H,11H2,1-2H3,(H,24,27)(H,25,28). The van der Waals surface area contributed by atoms with Crippen molar-refractivity contribution in [2.24, 2.45) is 0 Å². The summed E-state index contributed by atoms with van der Waals surface area (Å²) in [5.41, 5.74) is 1.34. The van der Waals surface area contributed by atoms with Gasteiger partial charge < -0.3 is 20.1 Å². The summed E-state index contributed by atoms with van der Waals surface area (Å²) in [5, 5.41) is 5.17. The van der Waals surface area contributed by atoms with Gasteiger partial charge in [0.1, 0.15) is 11.6 Å². The first kappa shape index (κ1) is 21.5. The number of nitrogens with zero attached hydrogens (tertiary/aromatic N) is 2. The summed E-state index contributed by atoms with van der Waals surface area (Å²) in [5.74, 6) is -1.71. The van der Waals surface area contributed by atoms with Crippen LogP contribution in [0, 0.1) is 5.82 Å². The Balaban J connectivity index is 1.65. The number of aromatic nitrogens is 2. The van der Waals surface area contributed by atoms with Crippen LogP contribution < -0.4 is 15.4 Å². The lowest BCUT2D eigenvalue weighted by atomic mass is 10.2. The number of nitrogens with one attached hydrogen (secondary N) is 2. The summed E-state index contributed by atoms with van der Waals surface area (Å²) < 4.78 is 24.8. The Morgan fingerprint density at radius 2 is 1.84 bits per heavy atom. The van der Waals surface area contributed by atoms with Crippen molar-refractivity contribution in [3.63, 3.8) is 0 Å². The van der Waals surface area contributed by atoms with Gasteiger partial charge in [0.25, 0.3) is 5.91 Å². The number of benzene rings is 2. The number of carbonyl (C=O) groups excluding carboxylic acids is 3. The van der Waals surface area contributed by atoms with Crippen molar-refractivity contribution in [2.75, 3.05) is 24.4 Å². The molecule has 2 aromatic carbocycles. The molecule has 3 rings (SSSR count). The van der Waals surface area contributed by atoms with Crippen molar-refractivity contribution in [3.8, 4) is 11.4 Å². The molecule has 0 saturated heterocycles. The lowest BCUT2D eigenvalue weighted by Crippen LogP contribution is -2.22. The molecule has 1 heterocycles. The van der Waals surface area contributed by atoms with E-state index in [0.717, 1.165) is 0 Å². The second-order valence-corrected chi connectivity index (χ2v) is 6.35. The summed E-state index contributed by atoms with van der Waals surface area (Å²) in [6, 6.07) is 10.2. The Labute approximate surface area is 176 Å². The van der Waals surface area contributed by atoms with E-state index in [2.05, 4.69) is 15.6 Å². The molecule has 0 aliphatic heterocycles. The minimum atomic E-state index is -0.782. The Bertz CT molecular complexity index is 1110. The fraction of sp³-hybridized carbons (Fsp3) is 0.143. The second kappa shape index (κ2) is 9.53. The number of esters is 1. The predicted molar refractivity (Wildman–Crippen MR) is 110 cm³/mol. The molecule has 0 saturated carbocycles. The van der Waals surface area contributed by atoms with Crippen LogP contribution >= 0.6 is 0 Å². The third-order valence-electron chi connectivity index (χ3n) is 4.08. The van der Waals surface area contributed by atoms with Gasteiger partial charge in [0.15, 0.2) is 12.3 Å². The Kier molecular flexibility index (Phi) is 6.61. The number of methoxy groups -OCH3 is 1. The zero-order valence-corrected chi connectivity index (χ0v) is 16.7. The van der Waals surface area contributed by atoms with Crippen LogP contribution in [0.25, 0.3) is 5.69 Å². The van der Waals surface area contributed by atoms with Gasteiger partial charge in [-0.2, -0.15) is 0 Å². The molecule has 0 spiro atoms. The minimum Gasteiger partial charge on any atom is -0.495 e. The fourth-order valence-electron chi connectivity index (χ4n) is 2.73. The Morgan fingerprint density at radius 1 is 1.10 bits per heavy atom. The molecule has 1 aromatic heterocycles. The Hall–Kier alpha value is -4.21. The highest BCUT2D eigenvalue weighted by atomic mass is 19.1. The smallest absolute Gasteiger partial charge is 0.357 e. The van der Waals surface area contributed by atoms with E-state index in [1.165, 1.54) is 61.5 Å². The van der Waals surface area contributed by atoms with Gasteiger partial charge in [0.2, 0.25) is 5.91 Å². The molecule has 0 unspecified atom stereocenters. The van der Waals surface area contributed by atoms with Crippen molar-refractivity contribution >= 4 is 29.2 Å². The lowest BCUT2D eigenvalue weighted by molar-refractivity contribution is -0.119. The number of hydrogen-bond donors (Lipinski definition) is 2. The van der Waals surface area contributed by atoms with Crippen molar-refractivity contribution in [1.82, 2.24) is 9.55 Å². The van der Waals surface area contributed by atoms with Crippen LogP contribution in [-0.4, -0.2) is 41.1 Å². The lowest BCUT2D eigenvalue weighted by Gasteiger charge is -2.13. The minimum absolute atomic E-state index is 0.0737. The third kappa shape index (κ3) is 5.44. The number of amides is 2. The van der Waals surface area contributed by atoms with Crippen LogP contribution in [0.1, 0.15) is 17.4 Å². The van der Waals surface area contributed by atoms with Gasteiger partial charge in [0.05, 0.1) is 25.3 Å². The molecule has 0 radical (unpaired) electrons. The number of anilines is 2. The van der Waals surface area contributed by atoms with Crippen LogP contribution in [0.2, 0.25) is 0 Å². The van der Waals surface area contributed by atoms with E-state index in [1.54, 1.807) is 12.1 Å². The summed E-state index contributed by atoms with van der Waals surface area (Å²) in [4.78, 5) is 39.8. The molecule has 0 bridgehead atoms. The van der Waals surface area contributed by atoms with Crippen LogP contribution in [0.15, 0.2) is 55.0 Å². The first-order valence-corrected chi connectivity index (χ1v) is 9.08. The SMILES string of the molecule is COc1ccc(NC(C)=O)cc1NC(=O)COC(=O)c1cncn1-c1ccc(F)cc1. The van der Waals surface area contributed by atoms with E-state index in [9.17, 15) is 18.8 Å². The molecule has 160 valence electrons. The van der Waals surface area contributed by atoms with Gasteiger partial charge in [0, 0.05) is 18.3 Å². The monoisotopic (exact) mass is 426 g/mol. The predicted octanol–water partition coefficient (Wildman–Crippen LogP) is 2.77. The van der Waals surface area contributed by atoms with Gasteiger partial charge in [-0.05, 0) is 42.5 Å². The summed E-state index contributed by atoms with van der Waals surface area (Å²) in [7, 11) is 1.43. The molecular weight excluding hydrogens is 407 g/mol. The molecule has 0 aliphatic carbocycles. The van der Waals surface area contributed by atoms with Gasteiger partial charge in [-0.25, -0.2) is 14.2 Å². The van der Waals surface area contributed by atoms with Crippen LogP contribution in [0.4, 0.5) is 15.8 Å². The van der Waals surface area contributed by atoms with E-state index in [4.69, 9.17) is 9.47 Å². The average molecular weight is 426 g/mol. The van der Waals surface area contributed by atoms with Gasteiger partial charge in [-0.1, -0.05) is 0 Å². The van der Waals surface area contributed by atoms with Crippen molar-refractivity contribution in [1.29, 1.82) is 0 Å². The van der Waals surface area contributed by atoms with E-state index >= 15 is 0 Å². The number of hydrogen-bond acceptors (Lipinski definition) is 6. The van der Waals surface area contributed by atoms with E-state index in [0.29, 0.717) is 22.8 Å². The van der Waals surface area contributed by atoms with Gasteiger partial charge >= 0.3 is 5.97 Å². The molecule has 0 fully saturated rings. The maximum Gasteiger partial charge on any atom is 0.357 e. The summed E-state index contributed by atoms with van der Waals surface area (Å²) in [6.45, 7) is 0.791. The van der Waals surface area contributed by atoms with Crippen LogP contribution in [-0.2, 0) is 14.3 Å². The first-order chi connectivity index (χ1) is 14.9. The molecule has 0 atom stereocenters. The molecule has 3 aromatic rings. The summed E-state index contributed by atoms with van der Waals surface area (Å²) >= 11 is 0. The highest BCUT2D eigenvalue weighted by Crippen LogP contribution is 2.27. The molecule has 31 heavy (non-hydrogen) atoms. The van der Waals surface area contributed by atoms with Crippen LogP contribution in [0.3, 0.4) is 0 Å². The highest BCUT2D eigenvalue weighted by molar-refractivity contribution is 5.97. The molecule has 10 heteroatoms. The Morgan fingerprint density at radius 3 is 2.52 bits per heavy atom. The number of ether oxygens (including phenoxy) is 2. The van der Waals surface area contributed by atoms with Gasteiger partial charge in [-0.15, -0.1) is 0 Å². The molecule has 2 amide bonds. The number of rotatable bonds is 7. The zero-order valence-electron chi connectivity index (χ0n) is 16.7. The highest BCUT2D eigenvalue weighted by Gasteiger charge is 2.17. The average Bonchev–Trinajstić information content (AvgIpc) is 3.22. The normalized spacial score (nSPS) is 10.3. The number of halogens is 1. The zero-order chi connectivity index (χ0) is 22.4. The van der Waals surface area contributed by atoms with E-state index in [1.807, 2.05) is 0 Å². The topological polar surface area (TPSA) is 112 Å². The van der Waals surface area contributed by atoms with E-state index in [-0.39, 0.29) is 11.6 Å². The van der Waals surface area contributed by atoms with E-state index < -0.39 is 24.3 Å². The van der Waals surface area contributed by atoms with Crippen LogP contribution in [0.5, 0.6) is 5.75 Å². The largest absolute Gasteiger partial charge is 0.495 e. The molecular formula is C21H19FN4O5. The molecule has 0 aliphatic rings. The number of carbonyl (C=O) groups is 3. The first-order valence-electron chi connectivity index (χ1n) is 9.08. The summed E-state index contributed by atoms with van der Waals surface area (Å²) in [6.07, 6.45) is 2.66. The quantitative estimate of drug-likeness (QED) is 0.562. The van der Waals surface area contributed by atoms with Crippen molar-refractivity contribution in [2.45, 2.75) is 6.92 Å². The maximum atomic E-state index is 13.1.